The van der Waals surface area contributed by atoms with Crippen molar-refractivity contribution < 1.29 is 29.3 Å². The molecular formula is C18H19ClO6. The number of ketones is 1. The summed E-state index contributed by atoms with van der Waals surface area (Å²) in [5, 5.41) is 19.8. The van der Waals surface area contributed by atoms with Gasteiger partial charge in [-0.15, -0.1) is 0 Å². The first-order valence-electron chi connectivity index (χ1n) is 8.16. The zero-order chi connectivity index (χ0) is 18.1. The number of ether oxygens (including phenoxy) is 2. The van der Waals surface area contributed by atoms with Crippen LogP contribution in [0.4, 0.5) is 0 Å². The first-order valence-corrected chi connectivity index (χ1v) is 8.53. The molecule has 1 saturated heterocycles. The largest absolute Gasteiger partial charge is 0.507 e. The lowest BCUT2D eigenvalue weighted by Gasteiger charge is -2.16. The van der Waals surface area contributed by atoms with Crippen molar-refractivity contribution >= 4 is 23.4 Å². The highest BCUT2D eigenvalue weighted by atomic mass is 35.5. The van der Waals surface area contributed by atoms with Gasteiger partial charge in [0.25, 0.3) is 0 Å². The number of hydrogen-bond acceptors (Lipinski definition) is 6. The molecule has 3 atom stereocenters. The Hall–Kier alpha value is -2.05. The van der Waals surface area contributed by atoms with Gasteiger partial charge in [0.05, 0.1) is 17.2 Å². The standard InChI is InChI=1S/C18H19ClO6/c1-9-6-15-14(25-15)5-3-2-4-10(20)7-11-16(18(23)24-9)12(21)8-13(22)17(11)19/h2,4,8-9,14-15,21-22H,3,5-7H2,1H3/t9-,14-,15+/m1/s1. The quantitative estimate of drug-likeness (QED) is 0.541. The van der Waals surface area contributed by atoms with E-state index in [2.05, 4.69) is 0 Å². The van der Waals surface area contributed by atoms with E-state index in [0.29, 0.717) is 12.8 Å². The van der Waals surface area contributed by atoms with Crippen LogP contribution in [0.2, 0.25) is 5.02 Å². The normalized spacial score (nSPS) is 27.0. The molecule has 0 spiro atoms. The van der Waals surface area contributed by atoms with Crippen LogP contribution in [0, 0.1) is 0 Å². The van der Waals surface area contributed by atoms with Gasteiger partial charge in [0, 0.05) is 24.5 Å². The molecule has 2 N–H and O–H groups in total. The molecular weight excluding hydrogens is 348 g/mol. The Balaban J connectivity index is 1.98. The molecule has 1 fully saturated rings. The van der Waals surface area contributed by atoms with E-state index in [0.717, 1.165) is 12.5 Å². The Kier molecular flexibility index (Phi) is 5.01. The van der Waals surface area contributed by atoms with Gasteiger partial charge >= 0.3 is 5.97 Å². The lowest BCUT2D eigenvalue weighted by molar-refractivity contribution is -0.114. The Morgan fingerprint density at radius 1 is 1.20 bits per heavy atom. The monoisotopic (exact) mass is 366 g/mol. The minimum Gasteiger partial charge on any atom is -0.507 e. The first kappa shape index (κ1) is 17.8. The molecule has 0 radical (unpaired) electrons. The molecule has 1 aromatic carbocycles. The fourth-order valence-corrected chi connectivity index (χ4v) is 3.26. The number of esters is 1. The number of rotatable bonds is 0. The number of carbonyl (C=O) groups is 2. The van der Waals surface area contributed by atoms with E-state index in [4.69, 9.17) is 21.1 Å². The van der Waals surface area contributed by atoms with E-state index in [-0.39, 0.29) is 40.6 Å². The van der Waals surface area contributed by atoms with Crippen molar-refractivity contribution in [3.8, 4) is 11.5 Å². The van der Waals surface area contributed by atoms with E-state index in [1.54, 1.807) is 13.0 Å². The van der Waals surface area contributed by atoms with E-state index in [9.17, 15) is 19.8 Å². The Morgan fingerprint density at radius 2 is 1.96 bits per heavy atom. The zero-order valence-electron chi connectivity index (χ0n) is 13.7. The maximum atomic E-state index is 12.5. The average molecular weight is 367 g/mol. The molecule has 2 aliphatic heterocycles. The van der Waals surface area contributed by atoms with Crippen molar-refractivity contribution in [2.75, 3.05) is 0 Å². The molecule has 1 aromatic rings. The predicted molar refractivity (Wildman–Crippen MR) is 90.0 cm³/mol. The highest BCUT2D eigenvalue weighted by Gasteiger charge is 2.39. The third kappa shape index (κ3) is 3.96. The molecule has 3 rings (SSSR count). The summed E-state index contributed by atoms with van der Waals surface area (Å²) in [6, 6.07) is 0.969. The maximum absolute atomic E-state index is 12.5. The number of halogens is 1. The van der Waals surface area contributed by atoms with Crippen LogP contribution < -0.4 is 0 Å². The molecule has 0 aliphatic carbocycles. The van der Waals surface area contributed by atoms with Crippen molar-refractivity contribution in [1.29, 1.82) is 0 Å². The molecule has 0 aromatic heterocycles. The molecule has 134 valence electrons. The second-order valence-corrected chi connectivity index (χ2v) is 6.75. The van der Waals surface area contributed by atoms with Crippen molar-refractivity contribution in [1.82, 2.24) is 0 Å². The zero-order valence-corrected chi connectivity index (χ0v) is 14.5. The van der Waals surface area contributed by atoms with Gasteiger partial charge < -0.3 is 19.7 Å². The van der Waals surface area contributed by atoms with Gasteiger partial charge in [-0.2, -0.15) is 0 Å². The summed E-state index contributed by atoms with van der Waals surface area (Å²) < 4.78 is 10.9. The third-order valence-electron chi connectivity index (χ3n) is 4.36. The van der Waals surface area contributed by atoms with Crippen LogP contribution >= 0.6 is 11.6 Å². The minimum absolute atomic E-state index is 0.0336. The number of carbonyl (C=O) groups excluding carboxylic acids is 2. The molecule has 25 heavy (non-hydrogen) atoms. The van der Waals surface area contributed by atoms with Crippen molar-refractivity contribution in [3.63, 3.8) is 0 Å². The highest BCUT2D eigenvalue weighted by Crippen LogP contribution is 2.38. The van der Waals surface area contributed by atoms with Crippen LogP contribution in [0.1, 0.15) is 42.1 Å². The van der Waals surface area contributed by atoms with Gasteiger partial charge in [-0.3, -0.25) is 4.79 Å². The molecule has 0 bridgehead atoms. The number of benzene rings is 1. The number of phenols is 2. The van der Waals surface area contributed by atoms with E-state index >= 15 is 0 Å². The van der Waals surface area contributed by atoms with Gasteiger partial charge in [0.15, 0.2) is 5.78 Å². The van der Waals surface area contributed by atoms with Gasteiger partial charge in [0.1, 0.15) is 23.2 Å². The minimum atomic E-state index is -0.784. The summed E-state index contributed by atoms with van der Waals surface area (Å²) >= 11 is 6.07. The molecule has 7 heteroatoms. The Morgan fingerprint density at radius 3 is 2.72 bits per heavy atom. The van der Waals surface area contributed by atoms with Crippen molar-refractivity contribution in [2.45, 2.75) is 50.9 Å². The second kappa shape index (κ2) is 7.06. The smallest absolute Gasteiger partial charge is 0.342 e. The van der Waals surface area contributed by atoms with Gasteiger partial charge in [0.2, 0.25) is 0 Å². The summed E-state index contributed by atoms with van der Waals surface area (Å²) in [5.41, 5.74) is -0.134. The summed E-state index contributed by atoms with van der Waals surface area (Å²) in [6.07, 6.45) is 4.74. The molecule has 0 saturated carbocycles. The molecule has 2 aliphatic rings. The number of epoxide rings is 1. The second-order valence-electron chi connectivity index (χ2n) is 6.37. The highest BCUT2D eigenvalue weighted by molar-refractivity contribution is 6.33. The number of hydrogen-bond donors (Lipinski definition) is 2. The summed E-state index contributed by atoms with van der Waals surface area (Å²) in [5.74, 6) is -1.95. The van der Waals surface area contributed by atoms with E-state index in [1.807, 2.05) is 0 Å². The molecule has 6 nitrogen and oxygen atoms in total. The summed E-state index contributed by atoms with van der Waals surface area (Å²) in [4.78, 5) is 24.7. The summed E-state index contributed by atoms with van der Waals surface area (Å²) in [6.45, 7) is 1.74. The molecule has 0 amide bonds. The van der Waals surface area contributed by atoms with Gasteiger partial charge in [-0.1, -0.05) is 17.7 Å². The first-order chi connectivity index (χ1) is 11.9. The number of aromatic hydroxyl groups is 2. The van der Waals surface area contributed by atoms with E-state index in [1.165, 1.54) is 6.08 Å². The average Bonchev–Trinajstić information content (AvgIpc) is 3.25. The Labute approximate surface area is 150 Å². The van der Waals surface area contributed by atoms with Crippen LogP contribution in [0.25, 0.3) is 0 Å². The molecule has 2 heterocycles. The maximum Gasteiger partial charge on any atom is 0.342 e. The fraction of sp³-hybridized carbons (Fsp3) is 0.444. The van der Waals surface area contributed by atoms with Crippen LogP contribution in [0.3, 0.4) is 0 Å². The molecule has 0 unspecified atom stereocenters. The summed E-state index contributed by atoms with van der Waals surface area (Å²) in [7, 11) is 0. The predicted octanol–water partition coefficient (Wildman–Crippen LogP) is 2.92. The van der Waals surface area contributed by atoms with Crippen LogP contribution in [0.15, 0.2) is 18.2 Å². The Bertz CT molecular complexity index is 742. The third-order valence-corrected chi connectivity index (χ3v) is 4.78. The van der Waals surface area contributed by atoms with Crippen molar-refractivity contribution in [3.05, 3.63) is 34.4 Å². The number of fused-ring (bicyclic) bond motifs is 2. The topological polar surface area (TPSA) is 96.4 Å². The SMILES string of the molecule is C[C@@H]1C[C@@H]2O[C@@H]2CCC=CC(=O)Cc2c(Cl)c(O)cc(O)c2C(=O)O1. The van der Waals surface area contributed by atoms with Crippen LogP contribution in [-0.4, -0.2) is 40.3 Å². The number of phenolic OH excluding ortho intramolecular Hbond substituents is 2. The fourth-order valence-electron chi connectivity index (χ4n) is 3.04. The van der Waals surface area contributed by atoms with E-state index < -0.39 is 23.6 Å². The van der Waals surface area contributed by atoms with Crippen molar-refractivity contribution in [2.24, 2.45) is 0 Å². The van der Waals surface area contributed by atoms with Crippen LogP contribution in [-0.2, 0) is 20.7 Å². The lowest BCUT2D eigenvalue weighted by atomic mass is 9.99. The number of cyclic esters (lactones) is 1. The van der Waals surface area contributed by atoms with Gasteiger partial charge in [-0.05, 0) is 25.8 Å². The van der Waals surface area contributed by atoms with Crippen LogP contribution in [0.5, 0.6) is 11.5 Å². The number of allylic oxidation sites excluding steroid dienone is 2. The lowest BCUT2D eigenvalue weighted by Crippen LogP contribution is -2.20. The van der Waals surface area contributed by atoms with Gasteiger partial charge in [-0.25, -0.2) is 4.79 Å².